The minimum Gasteiger partial charge on any atom is -0.323 e. The second-order valence-electron chi connectivity index (χ2n) is 4.62. The van der Waals surface area contributed by atoms with Crippen LogP contribution >= 0.6 is 35.0 Å². The summed E-state index contributed by atoms with van der Waals surface area (Å²) in [5.74, 6) is -0.217. The number of para-hydroxylation sites is 1. The van der Waals surface area contributed by atoms with Crippen molar-refractivity contribution < 1.29 is 9.18 Å². The van der Waals surface area contributed by atoms with Crippen molar-refractivity contribution in [2.75, 3.05) is 5.32 Å². The molecule has 0 aromatic heterocycles. The Hall–Kier alpha value is -1.23. The molecule has 0 saturated carbocycles. The first kappa shape index (κ1) is 17.1. The molecular weight excluding hydrogens is 344 g/mol. The highest BCUT2D eigenvalue weighted by molar-refractivity contribution is 7.99. The van der Waals surface area contributed by atoms with Crippen molar-refractivity contribution in [2.24, 2.45) is 0 Å². The second kappa shape index (κ2) is 7.86. The Labute approximate surface area is 143 Å². The minimum absolute atomic E-state index is 0.177. The highest BCUT2D eigenvalue weighted by atomic mass is 35.5. The monoisotopic (exact) mass is 357 g/mol. The number of anilines is 1. The quantitative estimate of drug-likeness (QED) is 0.776. The van der Waals surface area contributed by atoms with Crippen LogP contribution in [-0.4, -0.2) is 11.2 Å². The number of benzene rings is 2. The molecule has 2 aromatic carbocycles. The van der Waals surface area contributed by atoms with Crippen molar-refractivity contribution in [1.29, 1.82) is 0 Å². The van der Waals surface area contributed by atoms with Crippen LogP contribution in [0.3, 0.4) is 0 Å². The van der Waals surface area contributed by atoms with E-state index in [1.165, 1.54) is 23.9 Å². The molecule has 0 saturated heterocycles. The molecule has 22 heavy (non-hydrogen) atoms. The molecule has 0 aliphatic carbocycles. The maximum atomic E-state index is 13.5. The Morgan fingerprint density at radius 1 is 1.18 bits per heavy atom. The topological polar surface area (TPSA) is 29.1 Å². The summed E-state index contributed by atoms with van der Waals surface area (Å²) in [7, 11) is 0. The van der Waals surface area contributed by atoms with E-state index in [0.29, 0.717) is 15.8 Å². The van der Waals surface area contributed by atoms with Gasteiger partial charge in [0.15, 0.2) is 0 Å². The van der Waals surface area contributed by atoms with Gasteiger partial charge in [-0.05, 0) is 36.8 Å². The smallest absolute Gasteiger partial charge is 0.237 e. The lowest BCUT2D eigenvalue weighted by Gasteiger charge is -2.13. The number of thioether (sulfide) groups is 1. The average molecular weight is 358 g/mol. The van der Waals surface area contributed by atoms with Gasteiger partial charge in [0.05, 0.1) is 10.9 Å². The van der Waals surface area contributed by atoms with Gasteiger partial charge < -0.3 is 5.32 Å². The van der Waals surface area contributed by atoms with Crippen molar-refractivity contribution in [3.05, 3.63) is 63.9 Å². The molecule has 6 heteroatoms. The SMILES string of the molecule is CC(SCc1c(Cl)cccc1Cl)C(=O)Nc1ccccc1F. The van der Waals surface area contributed by atoms with Crippen molar-refractivity contribution in [1.82, 2.24) is 0 Å². The van der Waals surface area contributed by atoms with Crippen molar-refractivity contribution >= 4 is 46.6 Å². The van der Waals surface area contributed by atoms with E-state index in [0.717, 1.165) is 5.56 Å². The van der Waals surface area contributed by atoms with Crippen LogP contribution in [0.15, 0.2) is 42.5 Å². The van der Waals surface area contributed by atoms with Crippen LogP contribution in [0, 0.1) is 5.82 Å². The molecule has 2 aromatic rings. The molecule has 0 spiro atoms. The largest absolute Gasteiger partial charge is 0.323 e. The number of carbonyl (C=O) groups excluding carboxylic acids is 1. The van der Waals surface area contributed by atoms with Gasteiger partial charge in [-0.25, -0.2) is 4.39 Å². The highest BCUT2D eigenvalue weighted by Gasteiger charge is 2.16. The molecule has 1 unspecified atom stereocenters. The van der Waals surface area contributed by atoms with Crippen molar-refractivity contribution in [3.8, 4) is 0 Å². The number of amides is 1. The lowest BCUT2D eigenvalue weighted by atomic mass is 10.2. The van der Waals surface area contributed by atoms with Gasteiger partial charge in [0, 0.05) is 15.8 Å². The van der Waals surface area contributed by atoms with Crippen LogP contribution in [-0.2, 0) is 10.5 Å². The van der Waals surface area contributed by atoms with Gasteiger partial charge in [-0.3, -0.25) is 4.79 Å². The summed E-state index contributed by atoms with van der Waals surface area (Å²) < 4.78 is 13.5. The maximum Gasteiger partial charge on any atom is 0.237 e. The lowest BCUT2D eigenvalue weighted by Crippen LogP contribution is -2.23. The zero-order chi connectivity index (χ0) is 16.1. The van der Waals surface area contributed by atoms with E-state index in [1.54, 1.807) is 37.3 Å². The fraction of sp³-hybridized carbons (Fsp3) is 0.188. The van der Waals surface area contributed by atoms with Gasteiger partial charge in [0.1, 0.15) is 5.82 Å². The number of nitrogens with one attached hydrogen (secondary N) is 1. The Kier molecular flexibility index (Phi) is 6.12. The summed E-state index contributed by atoms with van der Waals surface area (Å²) in [6, 6.07) is 11.4. The van der Waals surface area contributed by atoms with Crippen LogP contribution in [0.4, 0.5) is 10.1 Å². The molecule has 0 aliphatic heterocycles. The summed E-state index contributed by atoms with van der Waals surface area (Å²) in [4.78, 5) is 12.1. The zero-order valence-corrected chi connectivity index (χ0v) is 14.1. The van der Waals surface area contributed by atoms with Crippen LogP contribution in [0.5, 0.6) is 0 Å². The number of hydrogen-bond acceptors (Lipinski definition) is 2. The average Bonchev–Trinajstić information content (AvgIpc) is 2.48. The van der Waals surface area contributed by atoms with E-state index >= 15 is 0 Å². The predicted molar refractivity (Wildman–Crippen MR) is 92.2 cm³/mol. The molecule has 2 nitrogen and oxygen atoms in total. The van der Waals surface area contributed by atoms with Gasteiger partial charge in [0.25, 0.3) is 0 Å². The Balaban J connectivity index is 1.96. The Morgan fingerprint density at radius 2 is 1.82 bits per heavy atom. The molecule has 0 aliphatic rings. The standard InChI is InChI=1S/C16H14Cl2FNOS/c1-10(16(21)20-15-8-3-2-7-14(15)19)22-9-11-12(17)5-4-6-13(11)18/h2-8,10H,9H2,1H3,(H,20,21). The Morgan fingerprint density at radius 3 is 2.45 bits per heavy atom. The first-order valence-electron chi connectivity index (χ1n) is 6.59. The first-order valence-corrected chi connectivity index (χ1v) is 8.39. The predicted octanol–water partition coefficient (Wildman–Crippen LogP) is 5.39. The van der Waals surface area contributed by atoms with E-state index < -0.39 is 5.82 Å². The van der Waals surface area contributed by atoms with Crippen molar-refractivity contribution in [2.45, 2.75) is 17.9 Å². The summed E-state index contributed by atoms with van der Waals surface area (Å²) in [5.41, 5.74) is 0.970. The molecule has 1 amide bonds. The third-order valence-corrected chi connectivity index (χ3v) is 4.92. The van der Waals surface area contributed by atoms with Crippen LogP contribution in [0.25, 0.3) is 0 Å². The zero-order valence-electron chi connectivity index (χ0n) is 11.8. The van der Waals surface area contributed by atoms with Crippen LogP contribution in [0.2, 0.25) is 10.0 Å². The molecule has 0 fully saturated rings. The van der Waals surface area contributed by atoms with Crippen molar-refractivity contribution in [3.63, 3.8) is 0 Å². The molecule has 2 rings (SSSR count). The molecular formula is C16H14Cl2FNOS. The van der Waals surface area contributed by atoms with Gasteiger partial charge in [0.2, 0.25) is 5.91 Å². The second-order valence-corrected chi connectivity index (χ2v) is 6.77. The maximum absolute atomic E-state index is 13.5. The van der Waals surface area contributed by atoms with E-state index in [1.807, 2.05) is 0 Å². The number of halogens is 3. The molecule has 0 heterocycles. The van der Waals surface area contributed by atoms with Gasteiger partial charge in [-0.1, -0.05) is 41.4 Å². The Bertz CT molecular complexity index is 661. The molecule has 0 radical (unpaired) electrons. The molecule has 0 bridgehead atoms. The van der Waals surface area contributed by atoms with E-state index in [4.69, 9.17) is 23.2 Å². The lowest BCUT2D eigenvalue weighted by molar-refractivity contribution is -0.115. The van der Waals surface area contributed by atoms with E-state index in [-0.39, 0.29) is 16.8 Å². The number of rotatable bonds is 5. The van der Waals surface area contributed by atoms with E-state index in [2.05, 4.69) is 5.32 Å². The fourth-order valence-electron chi connectivity index (χ4n) is 1.75. The van der Waals surface area contributed by atoms with Gasteiger partial charge >= 0.3 is 0 Å². The summed E-state index contributed by atoms with van der Waals surface area (Å²) >= 11 is 13.6. The van der Waals surface area contributed by atoms with Gasteiger partial charge in [-0.2, -0.15) is 0 Å². The number of carbonyl (C=O) groups is 1. The van der Waals surface area contributed by atoms with E-state index in [9.17, 15) is 9.18 Å². The van der Waals surface area contributed by atoms with Crippen LogP contribution in [0.1, 0.15) is 12.5 Å². The summed E-state index contributed by atoms with van der Waals surface area (Å²) in [5, 5.41) is 3.35. The molecule has 1 atom stereocenters. The summed E-state index contributed by atoms with van der Waals surface area (Å²) in [6.45, 7) is 1.76. The molecule has 116 valence electrons. The minimum atomic E-state index is -0.456. The molecule has 1 N–H and O–H groups in total. The third kappa shape index (κ3) is 4.38. The third-order valence-electron chi connectivity index (χ3n) is 3.04. The first-order chi connectivity index (χ1) is 10.5. The van der Waals surface area contributed by atoms with Gasteiger partial charge in [-0.15, -0.1) is 11.8 Å². The highest BCUT2D eigenvalue weighted by Crippen LogP contribution is 2.30. The number of hydrogen-bond donors (Lipinski definition) is 1. The summed E-state index contributed by atoms with van der Waals surface area (Å²) in [6.07, 6.45) is 0. The normalized spacial score (nSPS) is 12.0. The van der Waals surface area contributed by atoms with Crippen LogP contribution < -0.4 is 5.32 Å². The fourth-order valence-corrected chi connectivity index (χ4v) is 3.38.